The molecule has 3 rings (SSSR count). The molecule has 0 aromatic carbocycles. The average Bonchev–Trinajstić information content (AvgIpc) is 2.91. The van der Waals surface area contributed by atoms with Crippen molar-refractivity contribution in [2.45, 2.75) is 30.8 Å². The molecule has 3 heterocycles. The second-order valence-corrected chi connectivity index (χ2v) is 4.94. The molecule has 5 atom stereocenters. The van der Waals surface area contributed by atoms with Gasteiger partial charge in [0.2, 0.25) is 0 Å². The number of hydrogen-bond donors (Lipinski definition) is 0. The van der Waals surface area contributed by atoms with E-state index in [0.29, 0.717) is 6.42 Å². The maximum Gasteiger partial charge on any atom is 0.312 e. The summed E-state index contributed by atoms with van der Waals surface area (Å²) in [5, 5.41) is 0. The largest absolute Gasteiger partial charge is 0.455 e. The van der Waals surface area contributed by atoms with E-state index in [2.05, 4.69) is 0 Å². The molecular formula is C11H15NO5. The molecule has 0 N–H and O–H groups in total. The number of hydrogen-bond acceptors (Lipinski definition) is 5. The number of ether oxygens (including phenoxy) is 3. The van der Waals surface area contributed by atoms with Crippen molar-refractivity contribution >= 4 is 11.9 Å². The molecule has 3 aliphatic rings. The van der Waals surface area contributed by atoms with Gasteiger partial charge in [-0.15, -0.1) is 0 Å². The van der Waals surface area contributed by atoms with Crippen LogP contribution in [0.5, 0.6) is 0 Å². The van der Waals surface area contributed by atoms with Crippen molar-refractivity contribution in [1.82, 2.24) is 4.90 Å². The van der Waals surface area contributed by atoms with Gasteiger partial charge in [0.15, 0.2) is 6.61 Å². The van der Waals surface area contributed by atoms with Crippen LogP contribution in [0.1, 0.15) is 6.42 Å². The number of epoxide rings is 1. The lowest BCUT2D eigenvalue weighted by Gasteiger charge is -2.16. The van der Waals surface area contributed by atoms with E-state index >= 15 is 0 Å². The summed E-state index contributed by atoms with van der Waals surface area (Å²) >= 11 is 0. The number of rotatable bonds is 3. The fourth-order valence-electron chi connectivity index (χ4n) is 2.55. The summed E-state index contributed by atoms with van der Waals surface area (Å²) in [5.41, 5.74) is 0. The van der Waals surface area contributed by atoms with Crippen LogP contribution in [0.4, 0.5) is 0 Å². The third-order valence-corrected chi connectivity index (χ3v) is 3.61. The van der Waals surface area contributed by atoms with Crippen LogP contribution in [0, 0.1) is 5.92 Å². The molecule has 94 valence electrons. The minimum atomic E-state index is -0.346. The summed E-state index contributed by atoms with van der Waals surface area (Å²) in [6.07, 6.45) is 0.822. The van der Waals surface area contributed by atoms with Gasteiger partial charge in [-0.2, -0.15) is 0 Å². The predicted octanol–water partition coefficient (Wildman–Crippen LogP) is -0.827. The Labute approximate surface area is 98.8 Å². The van der Waals surface area contributed by atoms with Gasteiger partial charge < -0.3 is 19.1 Å². The van der Waals surface area contributed by atoms with Gasteiger partial charge >= 0.3 is 5.97 Å². The van der Waals surface area contributed by atoms with Gasteiger partial charge in [-0.05, 0) is 6.42 Å². The third-order valence-electron chi connectivity index (χ3n) is 3.61. The van der Waals surface area contributed by atoms with Crippen LogP contribution >= 0.6 is 0 Å². The van der Waals surface area contributed by atoms with E-state index in [1.165, 1.54) is 4.90 Å². The topological polar surface area (TPSA) is 68.4 Å². The van der Waals surface area contributed by atoms with Crippen LogP contribution in [0.25, 0.3) is 0 Å². The van der Waals surface area contributed by atoms with Crippen molar-refractivity contribution in [3.05, 3.63) is 0 Å². The number of nitrogens with zero attached hydrogens (tertiary/aromatic N) is 1. The molecule has 3 saturated heterocycles. The molecule has 0 aliphatic carbocycles. The summed E-state index contributed by atoms with van der Waals surface area (Å²) in [7, 11) is 3.25. The normalized spacial score (nSPS) is 40.9. The fourth-order valence-corrected chi connectivity index (χ4v) is 2.55. The summed E-state index contributed by atoms with van der Waals surface area (Å²) in [6.45, 7) is -0.200. The Balaban J connectivity index is 1.52. The maximum atomic E-state index is 11.8. The Kier molecular flexibility index (Phi) is 2.38. The number of amides is 1. The number of fused-ring (bicyclic) bond motifs is 5. The van der Waals surface area contributed by atoms with Crippen LogP contribution in [0.2, 0.25) is 0 Å². The smallest absolute Gasteiger partial charge is 0.312 e. The molecule has 1 amide bonds. The molecular weight excluding hydrogens is 226 g/mol. The molecule has 0 aromatic heterocycles. The highest BCUT2D eigenvalue weighted by Gasteiger charge is 2.66. The zero-order valence-corrected chi connectivity index (χ0v) is 9.79. The van der Waals surface area contributed by atoms with Gasteiger partial charge in [0.25, 0.3) is 5.91 Å². The minimum Gasteiger partial charge on any atom is -0.455 e. The molecule has 17 heavy (non-hydrogen) atoms. The van der Waals surface area contributed by atoms with Gasteiger partial charge in [-0.1, -0.05) is 0 Å². The fraction of sp³-hybridized carbons (Fsp3) is 0.818. The van der Waals surface area contributed by atoms with Crippen LogP contribution in [0.15, 0.2) is 0 Å². The SMILES string of the molecule is CN(C)C(=O)COC(=O)[C@@H]1C[C@H]2O[C@@H]1[C@H]1O[C@H]12. The molecule has 6 nitrogen and oxygen atoms in total. The first-order valence-corrected chi connectivity index (χ1v) is 5.75. The first-order chi connectivity index (χ1) is 8.08. The molecule has 0 spiro atoms. The highest BCUT2D eigenvalue weighted by atomic mass is 16.7. The van der Waals surface area contributed by atoms with Crippen LogP contribution in [-0.4, -0.2) is 61.9 Å². The molecule has 3 fully saturated rings. The Bertz CT molecular complexity index is 369. The highest BCUT2D eigenvalue weighted by molar-refractivity contribution is 5.81. The first-order valence-electron chi connectivity index (χ1n) is 5.75. The lowest BCUT2D eigenvalue weighted by atomic mass is 9.89. The zero-order valence-electron chi connectivity index (χ0n) is 9.79. The van der Waals surface area contributed by atoms with Gasteiger partial charge in [0.1, 0.15) is 18.3 Å². The van der Waals surface area contributed by atoms with E-state index in [4.69, 9.17) is 14.2 Å². The van der Waals surface area contributed by atoms with Crippen LogP contribution in [0.3, 0.4) is 0 Å². The molecule has 0 radical (unpaired) electrons. The molecule has 0 saturated carbocycles. The Morgan fingerprint density at radius 2 is 2.00 bits per heavy atom. The van der Waals surface area contributed by atoms with E-state index in [-0.39, 0.29) is 48.8 Å². The second-order valence-electron chi connectivity index (χ2n) is 4.94. The molecule has 2 bridgehead atoms. The van der Waals surface area contributed by atoms with E-state index in [9.17, 15) is 9.59 Å². The number of esters is 1. The van der Waals surface area contributed by atoms with Gasteiger partial charge in [0.05, 0.1) is 12.0 Å². The predicted molar refractivity (Wildman–Crippen MR) is 55.1 cm³/mol. The van der Waals surface area contributed by atoms with Gasteiger partial charge in [0, 0.05) is 14.1 Å². The van der Waals surface area contributed by atoms with E-state index < -0.39 is 0 Å². The van der Waals surface area contributed by atoms with Gasteiger partial charge in [-0.25, -0.2) is 0 Å². The van der Waals surface area contributed by atoms with Crippen molar-refractivity contribution in [2.75, 3.05) is 20.7 Å². The summed E-state index contributed by atoms with van der Waals surface area (Å²) < 4.78 is 16.0. The maximum absolute atomic E-state index is 11.8. The quantitative estimate of drug-likeness (QED) is 0.476. The Hall–Kier alpha value is -1.14. The Morgan fingerprint density at radius 3 is 2.59 bits per heavy atom. The number of likely N-dealkylation sites (N-methyl/N-ethyl adjacent to an activating group) is 1. The van der Waals surface area contributed by atoms with E-state index in [0.717, 1.165) is 0 Å². The lowest BCUT2D eigenvalue weighted by molar-refractivity contribution is -0.156. The second kappa shape index (κ2) is 3.68. The average molecular weight is 241 g/mol. The van der Waals surface area contributed by atoms with E-state index in [1.807, 2.05) is 0 Å². The van der Waals surface area contributed by atoms with Crippen molar-refractivity contribution in [1.29, 1.82) is 0 Å². The van der Waals surface area contributed by atoms with Gasteiger partial charge in [-0.3, -0.25) is 9.59 Å². The first kappa shape index (κ1) is 11.0. The van der Waals surface area contributed by atoms with Crippen molar-refractivity contribution in [3.63, 3.8) is 0 Å². The monoisotopic (exact) mass is 241 g/mol. The number of carbonyl (C=O) groups is 2. The zero-order chi connectivity index (χ0) is 12.2. The molecule has 0 unspecified atom stereocenters. The van der Waals surface area contributed by atoms with Crippen LogP contribution < -0.4 is 0 Å². The van der Waals surface area contributed by atoms with Crippen LogP contribution in [-0.2, 0) is 23.8 Å². The summed E-state index contributed by atoms with van der Waals surface area (Å²) in [4.78, 5) is 24.5. The highest BCUT2D eigenvalue weighted by Crippen LogP contribution is 2.51. The Morgan fingerprint density at radius 1 is 1.24 bits per heavy atom. The number of carbonyl (C=O) groups excluding carboxylic acids is 2. The summed E-state index contributed by atoms with van der Waals surface area (Å²) in [5.74, 6) is -0.830. The van der Waals surface area contributed by atoms with Crippen molar-refractivity contribution in [2.24, 2.45) is 5.92 Å². The molecule has 3 aliphatic heterocycles. The van der Waals surface area contributed by atoms with Crippen molar-refractivity contribution in [3.8, 4) is 0 Å². The van der Waals surface area contributed by atoms with Crippen molar-refractivity contribution < 1.29 is 23.8 Å². The summed E-state index contributed by atoms with van der Waals surface area (Å²) in [6, 6.07) is 0. The molecule has 6 heteroatoms. The third kappa shape index (κ3) is 1.71. The minimum absolute atomic E-state index is 0.0482. The lowest BCUT2D eigenvalue weighted by Crippen LogP contribution is -2.34. The van der Waals surface area contributed by atoms with E-state index in [1.54, 1.807) is 14.1 Å². The molecule has 0 aromatic rings. The standard InChI is InChI=1S/C11H15NO5/c1-12(2)7(13)4-15-11(14)5-3-6-9-10(17-9)8(5)16-6/h5-6,8-10H,3-4H2,1-2H3/t5-,6-,8+,9+,10-/m1/s1.